The molecule has 1 saturated heterocycles. The highest BCUT2D eigenvalue weighted by atomic mass is 32.2. The number of carbonyl (C=O) groups is 1. The molecule has 1 aliphatic rings. The first-order valence-corrected chi connectivity index (χ1v) is 12.4. The quantitative estimate of drug-likeness (QED) is 0.618. The van der Waals surface area contributed by atoms with Crippen LogP contribution in [0.1, 0.15) is 22.2 Å². The molecule has 0 unspecified atom stereocenters. The summed E-state index contributed by atoms with van der Waals surface area (Å²) in [6, 6.07) is 13.9. The van der Waals surface area contributed by atoms with Crippen molar-refractivity contribution >= 4 is 27.6 Å². The number of benzene rings is 1. The fraction of sp³-hybridized carbons (Fsp3) is 0.476. The molecule has 1 aromatic carbocycles. The predicted octanol–water partition coefficient (Wildman–Crippen LogP) is 3.12. The number of hydrogen-bond donors (Lipinski definition) is 0. The smallest absolute Gasteiger partial charge is 0.409 e. The molecule has 2 heterocycles. The number of carbonyl (C=O) groups excluding carboxylic acids is 1. The molecule has 2 aromatic rings. The summed E-state index contributed by atoms with van der Waals surface area (Å²) in [6.45, 7) is 6.06. The van der Waals surface area contributed by atoms with Gasteiger partial charge in [0.15, 0.2) is 0 Å². The molecule has 164 valence electrons. The van der Waals surface area contributed by atoms with Crippen molar-refractivity contribution in [1.29, 1.82) is 0 Å². The van der Waals surface area contributed by atoms with E-state index in [1.165, 1.54) is 4.31 Å². The highest BCUT2D eigenvalue weighted by Gasteiger charge is 2.34. The SMILES string of the molecule is CCOC(=O)N1CCN(S(=O)(=O)N(CCc2ccccc2)Cc2ccc(C)s2)CC1. The van der Waals surface area contributed by atoms with Crippen molar-refractivity contribution < 1.29 is 17.9 Å². The van der Waals surface area contributed by atoms with Crippen molar-refractivity contribution in [2.75, 3.05) is 39.3 Å². The maximum Gasteiger partial charge on any atom is 0.409 e. The van der Waals surface area contributed by atoms with Gasteiger partial charge in [-0.15, -0.1) is 11.3 Å². The van der Waals surface area contributed by atoms with Crippen LogP contribution in [-0.4, -0.2) is 67.4 Å². The summed E-state index contributed by atoms with van der Waals surface area (Å²) in [4.78, 5) is 15.7. The number of ether oxygens (including phenoxy) is 1. The fourth-order valence-corrected chi connectivity index (χ4v) is 5.96. The van der Waals surface area contributed by atoms with Crippen molar-refractivity contribution in [2.45, 2.75) is 26.8 Å². The number of aryl methyl sites for hydroxylation is 1. The van der Waals surface area contributed by atoms with Gasteiger partial charge in [-0.2, -0.15) is 17.0 Å². The first kappa shape index (κ1) is 22.7. The highest BCUT2D eigenvalue weighted by molar-refractivity contribution is 7.86. The minimum Gasteiger partial charge on any atom is -0.450 e. The van der Waals surface area contributed by atoms with Crippen molar-refractivity contribution in [3.05, 3.63) is 57.8 Å². The molecular weight excluding hydrogens is 422 g/mol. The van der Waals surface area contributed by atoms with Gasteiger partial charge in [0.2, 0.25) is 0 Å². The summed E-state index contributed by atoms with van der Waals surface area (Å²) in [5.74, 6) is 0. The first-order chi connectivity index (χ1) is 14.4. The normalized spacial score (nSPS) is 15.5. The van der Waals surface area contributed by atoms with E-state index in [1.807, 2.05) is 49.4 Å². The predicted molar refractivity (Wildman–Crippen MR) is 119 cm³/mol. The summed E-state index contributed by atoms with van der Waals surface area (Å²) in [5, 5.41) is 0. The van der Waals surface area contributed by atoms with E-state index in [-0.39, 0.29) is 19.2 Å². The summed E-state index contributed by atoms with van der Waals surface area (Å²) >= 11 is 1.62. The number of rotatable bonds is 8. The summed E-state index contributed by atoms with van der Waals surface area (Å²) in [7, 11) is -3.65. The van der Waals surface area contributed by atoms with E-state index in [0.29, 0.717) is 39.2 Å². The number of amides is 1. The third-order valence-corrected chi connectivity index (χ3v) is 8.01. The molecule has 0 aliphatic carbocycles. The molecule has 0 N–H and O–H groups in total. The van der Waals surface area contributed by atoms with E-state index in [9.17, 15) is 13.2 Å². The maximum atomic E-state index is 13.4. The summed E-state index contributed by atoms with van der Waals surface area (Å²) in [5.41, 5.74) is 1.10. The minimum absolute atomic E-state index is 0.270. The Bertz CT molecular complexity index is 923. The topological polar surface area (TPSA) is 70.2 Å². The van der Waals surface area contributed by atoms with Gasteiger partial charge in [0.1, 0.15) is 0 Å². The molecular formula is C21H29N3O4S2. The fourth-order valence-electron chi connectivity index (χ4n) is 3.40. The molecule has 0 spiro atoms. The Labute approximate surface area is 183 Å². The monoisotopic (exact) mass is 451 g/mol. The number of piperazine rings is 1. The van der Waals surface area contributed by atoms with E-state index in [0.717, 1.165) is 15.3 Å². The molecule has 9 heteroatoms. The maximum absolute atomic E-state index is 13.4. The Hall–Kier alpha value is -1.94. The molecule has 7 nitrogen and oxygen atoms in total. The van der Waals surface area contributed by atoms with Gasteiger partial charge in [-0.25, -0.2) is 4.79 Å². The summed E-state index contributed by atoms with van der Waals surface area (Å²) < 4.78 is 35.0. The Kier molecular flexibility index (Phi) is 7.87. The van der Waals surface area contributed by atoms with Crippen LogP contribution in [0.3, 0.4) is 0 Å². The molecule has 1 fully saturated rings. The van der Waals surface area contributed by atoms with Gasteiger partial charge in [0.25, 0.3) is 10.2 Å². The van der Waals surface area contributed by atoms with E-state index in [1.54, 1.807) is 27.5 Å². The van der Waals surface area contributed by atoms with Gasteiger partial charge in [0.05, 0.1) is 6.61 Å². The highest BCUT2D eigenvalue weighted by Crippen LogP contribution is 2.22. The van der Waals surface area contributed by atoms with Gasteiger partial charge in [-0.1, -0.05) is 30.3 Å². The van der Waals surface area contributed by atoms with Gasteiger partial charge in [-0.3, -0.25) is 0 Å². The van der Waals surface area contributed by atoms with Crippen LogP contribution in [-0.2, 0) is 27.9 Å². The number of thiophene rings is 1. The van der Waals surface area contributed by atoms with Crippen LogP contribution >= 0.6 is 11.3 Å². The van der Waals surface area contributed by atoms with Gasteiger partial charge >= 0.3 is 6.09 Å². The Morgan fingerprint density at radius 1 is 1.10 bits per heavy atom. The van der Waals surface area contributed by atoms with Crippen molar-refractivity contribution in [1.82, 2.24) is 13.5 Å². The minimum atomic E-state index is -3.65. The molecule has 3 rings (SSSR count). The largest absolute Gasteiger partial charge is 0.450 e. The second kappa shape index (κ2) is 10.4. The summed E-state index contributed by atoms with van der Waals surface area (Å²) in [6.07, 6.45) is 0.261. The Balaban J connectivity index is 1.71. The van der Waals surface area contributed by atoms with Crippen LogP contribution in [0, 0.1) is 6.92 Å². The third kappa shape index (κ3) is 5.81. The lowest BCUT2D eigenvalue weighted by atomic mass is 10.1. The zero-order valence-corrected chi connectivity index (χ0v) is 19.1. The lowest BCUT2D eigenvalue weighted by Crippen LogP contribution is -2.54. The van der Waals surface area contributed by atoms with Crippen molar-refractivity contribution in [3.8, 4) is 0 Å². The average Bonchev–Trinajstić information content (AvgIpc) is 3.16. The Morgan fingerprint density at radius 3 is 2.40 bits per heavy atom. The molecule has 0 atom stereocenters. The van der Waals surface area contributed by atoms with E-state index >= 15 is 0 Å². The van der Waals surface area contributed by atoms with E-state index in [4.69, 9.17) is 4.74 Å². The number of nitrogens with zero attached hydrogens (tertiary/aromatic N) is 3. The van der Waals surface area contributed by atoms with Crippen molar-refractivity contribution in [3.63, 3.8) is 0 Å². The first-order valence-electron chi connectivity index (χ1n) is 10.2. The lowest BCUT2D eigenvalue weighted by molar-refractivity contribution is 0.0923. The van der Waals surface area contributed by atoms with E-state index < -0.39 is 10.2 Å². The van der Waals surface area contributed by atoms with Crippen LogP contribution in [0.5, 0.6) is 0 Å². The molecule has 30 heavy (non-hydrogen) atoms. The molecule has 1 aliphatic heterocycles. The second-order valence-corrected chi connectivity index (χ2v) is 10.5. The van der Waals surface area contributed by atoms with Crippen LogP contribution in [0.15, 0.2) is 42.5 Å². The van der Waals surface area contributed by atoms with Crippen LogP contribution in [0.25, 0.3) is 0 Å². The van der Waals surface area contributed by atoms with Crippen molar-refractivity contribution in [2.24, 2.45) is 0 Å². The lowest BCUT2D eigenvalue weighted by Gasteiger charge is -2.36. The zero-order valence-electron chi connectivity index (χ0n) is 17.5. The molecule has 0 bridgehead atoms. The van der Waals surface area contributed by atoms with Crippen LogP contribution in [0.2, 0.25) is 0 Å². The average molecular weight is 452 g/mol. The third-order valence-electron chi connectivity index (χ3n) is 5.04. The number of hydrogen-bond acceptors (Lipinski definition) is 5. The molecule has 0 radical (unpaired) electrons. The standard InChI is InChI=1S/C21H29N3O4S2/c1-3-28-21(25)22-13-15-23(16-14-22)30(26,27)24(17-20-10-9-18(2)29-20)12-11-19-7-5-4-6-8-19/h4-10H,3,11-17H2,1-2H3. The second-order valence-electron chi connectivity index (χ2n) is 7.17. The van der Waals surface area contributed by atoms with Crippen LogP contribution < -0.4 is 0 Å². The Morgan fingerprint density at radius 2 is 1.80 bits per heavy atom. The van der Waals surface area contributed by atoms with Gasteiger partial charge < -0.3 is 9.64 Å². The van der Waals surface area contributed by atoms with Gasteiger partial charge in [-0.05, 0) is 38.0 Å². The zero-order chi connectivity index (χ0) is 21.6. The van der Waals surface area contributed by atoms with Gasteiger partial charge in [0, 0.05) is 49.0 Å². The molecule has 1 aromatic heterocycles. The van der Waals surface area contributed by atoms with Crippen LogP contribution in [0.4, 0.5) is 4.79 Å². The molecule has 0 saturated carbocycles. The van der Waals surface area contributed by atoms with E-state index in [2.05, 4.69) is 0 Å². The molecule has 1 amide bonds.